The van der Waals surface area contributed by atoms with Crippen molar-refractivity contribution in [1.29, 1.82) is 0 Å². The molecule has 1 aliphatic rings. The first-order valence-corrected chi connectivity index (χ1v) is 12.2. The summed E-state index contributed by atoms with van der Waals surface area (Å²) in [5.74, 6) is -0.182. The van der Waals surface area contributed by atoms with E-state index in [0.29, 0.717) is 18.2 Å². The number of piperidine rings is 1. The smallest absolute Gasteiger partial charge is 0.244 e. The Kier molecular flexibility index (Phi) is 8.34. The van der Waals surface area contributed by atoms with Crippen molar-refractivity contribution in [1.82, 2.24) is 20.0 Å². The predicted octanol–water partition coefficient (Wildman–Crippen LogP) is 4.13. The Morgan fingerprint density at radius 3 is 2.40 bits per heavy atom. The molecule has 2 amide bonds. The zero-order valence-corrected chi connectivity index (χ0v) is 20.5. The summed E-state index contributed by atoms with van der Waals surface area (Å²) in [6.45, 7) is 4.32. The molecule has 0 radical (unpaired) electrons. The molecule has 1 aromatic heterocycles. The fourth-order valence-corrected chi connectivity index (χ4v) is 4.48. The molecule has 0 saturated carbocycles. The van der Waals surface area contributed by atoms with Crippen LogP contribution in [0.15, 0.2) is 66.7 Å². The zero-order chi connectivity index (χ0) is 24.6. The molecule has 8 heteroatoms. The minimum atomic E-state index is -0.156. The summed E-state index contributed by atoms with van der Waals surface area (Å²) in [6.07, 6.45) is 4.84. The van der Waals surface area contributed by atoms with E-state index >= 15 is 0 Å². The van der Waals surface area contributed by atoms with Gasteiger partial charge in [0.15, 0.2) is 0 Å². The van der Waals surface area contributed by atoms with Gasteiger partial charge < -0.3 is 10.6 Å². The molecule has 2 heterocycles. The van der Waals surface area contributed by atoms with Gasteiger partial charge in [0.05, 0.1) is 18.8 Å². The monoisotopic (exact) mass is 491 g/mol. The lowest BCUT2D eigenvalue weighted by Gasteiger charge is -2.31. The first kappa shape index (κ1) is 24.7. The highest BCUT2D eigenvalue weighted by Gasteiger charge is 2.22. The maximum absolute atomic E-state index is 12.5. The van der Waals surface area contributed by atoms with E-state index < -0.39 is 0 Å². The van der Waals surface area contributed by atoms with E-state index in [1.807, 2.05) is 67.6 Å². The number of hydrogen-bond donors (Lipinski definition) is 2. The third kappa shape index (κ3) is 7.04. The molecule has 0 unspecified atom stereocenters. The van der Waals surface area contributed by atoms with Crippen molar-refractivity contribution in [3.05, 3.63) is 88.7 Å². The molecule has 3 aromatic rings. The van der Waals surface area contributed by atoms with Crippen LogP contribution in [-0.4, -0.2) is 52.2 Å². The molecule has 7 nitrogen and oxygen atoms in total. The highest BCUT2D eigenvalue weighted by atomic mass is 35.5. The van der Waals surface area contributed by atoms with Gasteiger partial charge in [-0.25, -0.2) is 4.68 Å². The van der Waals surface area contributed by atoms with Crippen molar-refractivity contribution in [3.8, 4) is 0 Å². The van der Waals surface area contributed by atoms with E-state index in [2.05, 4.69) is 20.6 Å². The Morgan fingerprint density at radius 2 is 1.71 bits per heavy atom. The molecule has 0 bridgehead atoms. The van der Waals surface area contributed by atoms with Crippen molar-refractivity contribution >= 4 is 35.2 Å². The maximum atomic E-state index is 12.5. The van der Waals surface area contributed by atoms with Gasteiger partial charge in [0.25, 0.3) is 0 Å². The van der Waals surface area contributed by atoms with Gasteiger partial charge in [-0.2, -0.15) is 5.10 Å². The molecule has 0 atom stereocenters. The van der Waals surface area contributed by atoms with E-state index in [1.165, 1.54) is 6.08 Å². The lowest BCUT2D eigenvalue weighted by Crippen LogP contribution is -2.46. The van der Waals surface area contributed by atoms with E-state index in [9.17, 15) is 9.59 Å². The van der Waals surface area contributed by atoms with Crippen molar-refractivity contribution in [2.24, 2.45) is 0 Å². The number of carbonyl (C=O) groups is 2. The molecular formula is C27H30ClN5O2. The quantitative estimate of drug-likeness (QED) is 0.464. The summed E-state index contributed by atoms with van der Waals surface area (Å²) >= 11 is 6.54. The molecular weight excluding hydrogens is 462 g/mol. The number of aryl methyl sites for hydroxylation is 1. The number of anilines is 1. The van der Waals surface area contributed by atoms with Crippen LogP contribution in [0.5, 0.6) is 0 Å². The number of para-hydroxylation sites is 1. The van der Waals surface area contributed by atoms with Crippen LogP contribution in [0.3, 0.4) is 0 Å². The van der Waals surface area contributed by atoms with Crippen molar-refractivity contribution in [3.63, 3.8) is 0 Å². The largest absolute Gasteiger partial charge is 0.350 e. The topological polar surface area (TPSA) is 79.3 Å². The molecule has 182 valence electrons. The van der Waals surface area contributed by atoms with Gasteiger partial charge in [0.2, 0.25) is 11.8 Å². The zero-order valence-electron chi connectivity index (χ0n) is 19.8. The molecule has 4 rings (SSSR count). The summed E-state index contributed by atoms with van der Waals surface area (Å²) in [7, 11) is 0. The summed E-state index contributed by atoms with van der Waals surface area (Å²) < 4.78 is 1.74. The van der Waals surface area contributed by atoms with E-state index in [4.69, 9.17) is 11.6 Å². The molecule has 1 aliphatic heterocycles. The fourth-order valence-electron chi connectivity index (χ4n) is 4.19. The highest BCUT2D eigenvalue weighted by Crippen LogP contribution is 2.22. The maximum Gasteiger partial charge on any atom is 0.244 e. The Bertz CT molecular complexity index is 1170. The average Bonchev–Trinajstić information content (AvgIpc) is 3.12. The number of hydrogen-bond acceptors (Lipinski definition) is 4. The Labute approximate surface area is 210 Å². The van der Waals surface area contributed by atoms with Crippen LogP contribution in [0.2, 0.25) is 5.15 Å². The standard InChI is InChI=1S/C27H30ClN5O2/c1-20-24(27(28)33(31-20)18-21-8-4-2-5-9-21)12-13-25(34)29-23-14-16-32(17-15-23)19-26(35)30-22-10-6-3-7-11-22/h2-13,23H,14-19H2,1H3,(H,29,34)(H,30,35)/b13-12+. The number of carbonyl (C=O) groups excluding carboxylic acids is 2. The van der Waals surface area contributed by atoms with Gasteiger partial charge in [-0.1, -0.05) is 60.1 Å². The normalized spacial score (nSPS) is 14.8. The number of likely N-dealkylation sites (tertiary alicyclic amines) is 1. The molecule has 2 aromatic carbocycles. The van der Waals surface area contributed by atoms with Gasteiger partial charge in [-0.05, 0) is 43.5 Å². The Balaban J connectivity index is 1.24. The van der Waals surface area contributed by atoms with Gasteiger partial charge in [-0.15, -0.1) is 0 Å². The number of rotatable bonds is 8. The second-order valence-electron chi connectivity index (χ2n) is 8.74. The van der Waals surface area contributed by atoms with Crippen LogP contribution in [0.1, 0.15) is 29.7 Å². The Morgan fingerprint density at radius 1 is 1.06 bits per heavy atom. The fraction of sp³-hybridized carbons (Fsp3) is 0.296. The van der Waals surface area contributed by atoms with Gasteiger partial charge in [-0.3, -0.25) is 14.5 Å². The Hall–Kier alpha value is -3.42. The lowest BCUT2D eigenvalue weighted by atomic mass is 10.0. The number of nitrogens with zero attached hydrogens (tertiary/aromatic N) is 3. The van der Waals surface area contributed by atoms with Crippen molar-refractivity contribution in [2.45, 2.75) is 32.4 Å². The molecule has 35 heavy (non-hydrogen) atoms. The summed E-state index contributed by atoms with van der Waals surface area (Å²) in [6, 6.07) is 19.5. The van der Waals surface area contributed by atoms with Crippen molar-refractivity contribution < 1.29 is 9.59 Å². The van der Waals surface area contributed by atoms with E-state index in [0.717, 1.165) is 48.4 Å². The van der Waals surface area contributed by atoms with Crippen LogP contribution < -0.4 is 10.6 Å². The molecule has 0 aliphatic carbocycles. The van der Waals surface area contributed by atoms with Gasteiger partial charge >= 0.3 is 0 Å². The summed E-state index contributed by atoms with van der Waals surface area (Å²) in [5.41, 5.74) is 3.43. The lowest BCUT2D eigenvalue weighted by molar-refractivity contribution is -0.119. The van der Waals surface area contributed by atoms with Crippen LogP contribution in [0.4, 0.5) is 5.69 Å². The van der Waals surface area contributed by atoms with Crippen LogP contribution in [0.25, 0.3) is 6.08 Å². The summed E-state index contributed by atoms with van der Waals surface area (Å²) in [5, 5.41) is 11.0. The van der Waals surface area contributed by atoms with Gasteiger partial charge in [0, 0.05) is 36.5 Å². The first-order valence-electron chi connectivity index (χ1n) is 11.8. The third-order valence-electron chi connectivity index (χ3n) is 6.04. The third-order valence-corrected chi connectivity index (χ3v) is 6.44. The minimum Gasteiger partial charge on any atom is -0.350 e. The molecule has 0 spiro atoms. The van der Waals surface area contributed by atoms with E-state index in [-0.39, 0.29) is 17.9 Å². The predicted molar refractivity (Wildman–Crippen MR) is 139 cm³/mol. The molecule has 1 saturated heterocycles. The SMILES string of the molecule is Cc1nn(Cc2ccccc2)c(Cl)c1/C=C/C(=O)NC1CCN(CC(=O)Nc2ccccc2)CC1. The van der Waals surface area contributed by atoms with Crippen LogP contribution in [0, 0.1) is 6.92 Å². The highest BCUT2D eigenvalue weighted by molar-refractivity contribution is 6.31. The number of amides is 2. The molecule has 1 fully saturated rings. The van der Waals surface area contributed by atoms with Crippen molar-refractivity contribution in [2.75, 3.05) is 25.0 Å². The van der Waals surface area contributed by atoms with E-state index in [1.54, 1.807) is 10.8 Å². The number of benzene rings is 2. The number of halogens is 1. The van der Waals surface area contributed by atoms with Crippen LogP contribution >= 0.6 is 11.6 Å². The molecule has 2 N–H and O–H groups in total. The second-order valence-corrected chi connectivity index (χ2v) is 9.10. The summed E-state index contributed by atoms with van der Waals surface area (Å²) in [4.78, 5) is 26.9. The first-order chi connectivity index (χ1) is 17.0. The van der Waals surface area contributed by atoms with Gasteiger partial charge in [0.1, 0.15) is 5.15 Å². The average molecular weight is 492 g/mol. The number of aromatic nitrogens is 2. The number of nitrogens with one attached hydrogen (secondary N) is 2. The second kappa shape index (κ2) is 11.8. The van der Waals surface area contributed by atoms with Crippen LogP contribution in [-0.2, 0) is 16.1 Å². The minimum absolute atomic E-state index is 0.0262.